The molecule has 1 heterocycles. The lowest BCUT2D eigenvalue weighted by Gasteiger charge is -2.07. The van der Waals surface area contributed by atoms with Crippen molar-refractivity contribution in [1.29, 1.82) is 0 Å². The predicted molar refractivity (Wildman–Crippen MR) is 64.2 cm³/mol. The molecule has 0 bridgehead atoms. The maximum Gasteiger partial charge on any atom is 0.237 e. The summed E-state index contributed by atoms with van der Waals surface area (Å²) in [4.78, 5) is 8.01. The van der Waals surface area contributed by atoms with Crippen LogP contribution in [-0.2, 0) is 6.61 Å². The minimum absolute atomic E-state index is 0.132. The van der Waals surface area contributed by atoms with E-state index in [4.69, 9.17) is 21.4 Å². The smallest absolute Gasteiger partial charge is 0.237 e. The summed E-state index contributed by atoms with van der Waals surface area (Å²) in [6, 6.07) is 5.34. The van der Waals surface area contributed by atoms with Gasteiger partial charge in [0.25, 0.3) is 0 Å². The Balaban J connectivity index is 2.19. The Morgan fingerprint density at radius 2 is 2.12 bits per heavy atom. The maximum atomic E-state index is 8.83. The van der Waals surface area contributed by atoms with Crippen molar-refractivity contribution in [3.05, 3.63) is 46.9 Å². The number of nitrogens with zero attached hydrogens (tertiary/aromatic N) is 2. The third-order valence-corrected chi connectivity index (χ3v) is 2.43. The summed E-state index contributed by atoms with van der Waals surface area (Å²) in [7, 11) is 0. The normalized spacial score (nSPS) is 10.3. The number of aliphatic hydroxyl groups is 1. The van der Waals surface area contributed by atoms with Gasteiger partial charge in [-0.1, -0.05) is 11.6 Å². The molecule has 0 unspecified atom stereocenters. The van der Waals surface area contributed by atoms with Gasteiger partial charge in [-0.2, -0.15) is 0 Å². The molecular formula is C12H11ClN2O2. The van der Waals surface area contributed by atoms with Gasteiger partial charge in [-0.15, -0.1) is 0 Å². The summed E-state index contributed by atoms with van der Waals surface area (Å²) in [6.45, 7) is 1.77. The molecule has 0 aliphatic carbocycles. The number of aromatic nitrogens is 2. The van der Waals surface area contributed by atoms with Crippen LogP contribution in [-0.4, -0.2) is 15.1 Å². The fraction of sp³-hybridized carbons (Fsp3) is 0.167. The van der Waals surface area contributed by atoms with Crippen molar-refractivity contribution >= 4 is 11.6 Å². The van der Waals surface area contributed by atoms with Crippen LogP contribution in [0.5, 0.6) is 11.6 Å². The Hall–Kier alpha value is -1.65. The first-order valence-electron chi connectivity index (χ1n) is 5.05. The van der Waals surface area contributed by atoms with E-state index in [-0.39, 0.29) is 6.61 Å². The molecule has 17 heavy (non-hydrogen) atoms. The Labute approximate surface area is 104 Å². The minimum atomic E-state index is -0.132. The summed E-state index contributed by atoms with van der Waals surface area (Å²) in [5, 5.41) is 9.50. The van der Waals surface area contributed by atoms with E-state index in [1.807, 2.05) is 13.0 Å². The number of rotatable bonds is 3. The molecule has 1 N–H and O–H groups in total. The lowest BCUT2D eigenvalue weighted by atomic mass is 10.2. The molecule has 88 valence electrons. The number of halogens is 1. The zero-order valence-corrected chi connectivity index (χ0v) is 9.98. The van der Waals surface area contributed by atoms with Gasteiger partial charge in [0.1, 0.15) is 5.75 Å². The first kappa shape index (κ1) is 11.8. The van der Waals surface area contributed by atoms with Gasteiger partial charge < -0.3 is 9.84 Å². The SMILES string of the molecule is Cc1cc(Cl)ccc1Oc1cnc(CO)cn1. The Kier molecular flexibility index (Phi) is 3.56. The average Bonchev–Trinajstić information content (AvgIpc) is 2.34. The molecule has 0 aliphatic rings. The van der Waals surface area contributed by atoms with E-state index < -0.39 is 0 Å². The van der Waals surface area contributed by atoms with Crippen LogP contribution in [0.3, 0.4) is 0 Å². The van der Waals surface area contributed by atoms with Crippen molar-refractivity contribution in [2.45, 2.75) is 13.5 Å². The van der Waals surface area contributed by atoms with Gasteiger partial charge in [-0.25, -0.2) is 4.98 Å². The molecule has 0 atom stereocenters. The molecule has 1 aromatic carbocycles. The van der Waals surface area contributed by atoms with E-state index in [9.17, 15) is 0 Å². The molecule has 2 aromatic rings. The second kappa shape index (κ2) is 5.12. The number of hydrogen-bond acceptors (Lipinski definition) is 4. The van der Waals surface area contributed by atoms with Crippen LogP contribution >= 0.6 is 11.6 Å². The maximum absolute atomic E-state index is 8.83. The highest BCUT2D eigenvalue weighted by atomic mass is 35.5. The van der Waals surface area contributed by atoms with E-state index in [2.05, 4.69) is 9.97 Å². The summed E-state index contributed by atoms with van der Waals surface area (Å²) in [6.07, 6.45) is 2.94. The fourth-order valence-corrected chi connectivity index (χ4v) is 1.54. The highest BCUT2D eigenvalue weighted by Crippen LogP contribution is 2.25. The first-order chi connectivity index (χ1) is 8.19. The quantitative estimate of drug-likeness (QED) is 0.910. The summed E-state index contributed by atoms with van der Waals surface area (Å²) < 4.78 is 5.55. The molecule has 0 saturated heterocycles. The van der Waals surface area contributed by atoms with Crippen molar-refractivity contribution in [1.82, 2.24) is 9.97 Å². The molecular weight excluding hydrogens is 240 g/mol. The molecule has 0 fully saturated rings. The minimum Gasteiger partial charge on any atom is -0.437 e. The van der Waals surface area contributed by atoms with Crippen LogP contribution in [0.2, 0.25) is 5.02 Å². The Morgan fingerprint density at radius 1 is 1.29 bits per heavy atom. The topological polar surface area (TPSA) is 55.2 Å². The van der Waals surface area contributed by atoms with Crippen LogP contribution in [0.15, 0.2) is 30.6 Å². The first-order valence-corrected chi connectivity index (χ1v) is 5.42. The van der Waals surface area contributed by atoms with Gasteiger partial charge >= 0.3 is 0 Å². The second-order valence-corrected chi connectivity index (χ2v) is 3.95. The highest BCUT2D eigenvalue weighted by Gasteiger charge is 2.03. The molecule has 5 heteroatoms. The van der Waals surface area contributed by atoms with Gasteiger partial charge in [0.2, 0.25) is 5.88 Å². The van der Waals surface area contributed by atoms with Gasteiger partial charge in [0.05, 0.1) is 24.7 Å². The Bertz CT molecular complexity index is 514. The molecule has 2 rings (SSSR count). The number of aryl methyl sites for hydroxylation is 1. The lowest BCUT2D eigenvalue weighted by Crippen LogP contribution is -1.94. The van der Waals surface area contributed by atoms with Gasteiger partial charge in [0, 0.05) is 5.02 Å². The second-order valence-electron chi connectivity index (χ2n) is 3.52. The van der Waals surface area contributed by atoms with Crippen molar-refractivity contribution in [2.24, 2.45) is 0 Å². The number of benzene rings is 1. The molecule has 1 aromatic heterocycles. The van der Waals surface area contributed by atoms with Crippen LogP contribution in [0.4, 0.5) is 0 Å². The number of hydrogen-bond donors (Lipinski definition) is 1. The molecule has 0 spiro atoms. The largest absolute Gasteiger partial charge is 0.437 e. The third kappa shape index (κ3) is 2.93. The summed E-state index contributed by atoms with van der Waals surface area (Å²) in [5.74, 6) is 1.06. The third-order valence-electron chi connectivity index (χ3n) is 2.20. The van der Waals surface area contributed by atoms with Crippen molar-refractivity contribution in [2.75, 3.05) is 0 Å². The standard InChI is InChI=1S/C12H11ClN2O2/c1-8-4-9(13)2-3-11(8)17-12-6-14-10(7-16)5-15-12/h2-6,16H,7H2,1H3. The molecule has 0 saturated carbocycles. The number of ether oxygens (including phenoxy) is 1. The van der Waals surface area contributed by atoms with E-state index >= 15 is 0 Å². The zero-order chi connectivity index (χ0) is 12.3. The van der Waals surface area contributed by atoms with Crippen LogP contribution < -0.4 is 4.74 Å². The van der Waals surface area contributed by atoms with Gasteiger partial charge in [0.15, 0.2) is 0 Å². The van der Waals surface area contributed by atoms with E-state index in [0.29, 0.717) is 22.3 Å². The zero-order valence-electron chi connectivity index (χ0n) is 9.22. The predicted octanol–water partition coefficient (Wildman–Crippen LogP) is 2.72. The highest BCUT2D eigenvalue weighted by molar-refractivity contribution is 6.30. The van der Waals surface area contributed by atoms with Crippen molar-refractivity contribution in [3.8, 4) is 11.6 Å². The van der Waals surface area contributed by atoms with E-state index in [0.717, 1.165) is 5.56 Å². The van der Waals surface area contributed by atoms with E-state index in [1.54, 1.807) is 12.1 Å². The summed E-state index contributed by atoms with van der Waals surface area (Å²) in [5.41, 5.74) is 1.43. The molecule has 0 aliphatic heterocycles. The lowest BCUT2D eigenvalue weighted by molar-refractivity contribution is 0.276. The van der Waals surface area contributed by atoms with Crippen molar-refractivity contribution < 1.29 is 9.84 Å². The molecule has 4 nitrogen and oxygen atoms in total. The fourth-order valence-electron chi connectivity index (χ4n) is 1.32. The van der Waals surface area contributed by atoms with Crippen LogP contribution in [0, 0.1) is 6.92 Å². The molecule has 0 amide bonds. The van der Waals surface area contributed by atoms with E-state index in [1.165, 1.54) is 12.4 Å². The van der Waals surface area contributed by atoms with Crippen molar-refractivity contribution in [3.63, 3.8) is 0 Å². The average molecular weight is 251 g/mol. The van der Waals surface area contributed by atoms with Gasteiger partial charge in [-0.05, 0) is 30.7 Å². The van der Waals surface area contributed by atoms with Crippen LogP contribution in [0.25, 0.3) is 0 Å². The molecule has 0 radical (unpaired) electrons. The van der Waals surface area contributed by atoms with Gasteiger partial charge in [-0.3, -0.25) is 4.98 Å². The summed E-state index contributed by atoms with van der Waals surface area (Å²) >= 11 is 5.85. The Morgan fingerprint density at radius 3 is 2.71 bits per heavy atom. The van der Waals surface area contributed by atoms with Crippen LogP contribution in [0.1, 0.15) is 11.3 Å². The number of aliphatic hydroxyl groups excluding tert-OH is 1. The monoisotopic (exact) mass is 250 g/mol.